The predicted molar refractivity (Wildman–Crippen MR) is 575 cm³/mol. The Labute approximate surface area is 847 Å². The lowest BCUT2D eigenvalue weighted by atomic mass is 10.0. The molecule has 1 N–H and O–H groups in total. The number of halogens is 1. The van der Waals surface area contributed by atoms with Gasteiger partial charge >= 0.3 is 24.0 Å². The maximum atomic E-state index is 12.5. The second kappa shape index (κ2) is 70.8. The third kappa shape index (κ3) is 52.9. The van der Waals surface area contributed by atoms with Crippen LogP contribution in [-0.2, 0) is 4.74 Å². The van der Waals surface area contributed by atoms with Crippen LogP contribution in [0.1, 0.15) is 369 Å². The first-order valence-corrected chi connectivity index (χ1v) is 48.7. The van der Waals surface area contributed by atoms with E-state index >= 15 is 0 Å². The van der Waals surface area contributed by atoms with Gasteiger partial charge in [-0.05, 0) is 222 Å². The lowest BCUT2D eigenvalue weighted by molar-refractivity contribution is 0.140. The number of oxazole rings is 2. The zero-order valence-corrected chi connectivity index (χ0v) is 89.8. The number of anilines is 1. The van der Waals surface area contributed by atoms with Gasteiger partial charge in [-0.2, -0.15) is 4.98 Å². The van der Waals surface area contributed by atoms with Crippen molar-refractivity contribution in [3.63, 3.8) is 0 Å². The maximum Gasteiger partial charge on any atom is 0.316 e. The minimum Gasteiger partial charge on any atom is -0.467 e. The molecule has 0 unspecified atom stereocenters. The summed E-state index contributed by atoms with van der Waals surface area (Å²) in [6, 6.07) is 35.2. The summed E-state index contributed by atoms with van der Waals surface area (Å²) in [5.41, 5.74) is 17.4. The molecule has 27 nitrogen and oxygen atoms in total. The molecule has 0 fully saturated rings. The van der Waals surface area contributed by atoms with E-state index in [0.29, 0.717) is 121 Å². The van der Waals surface area contributed by atoms with Crippen molar-refractivity contribution >= 4 is 17.3 Å². The summed E-state index contributed by atoms with van der Waals surface area (Å²) >= 11 is 1.81. The fraction of sp³-hybridized carbons (Fsp3) is 0.473. The van der Waals surface area contributed by atoms with Gasteiger partial charge in [0.1, 0.15) is 18.1 Å². The summed E-state index contributed by atoms with van der Waals surface area (Å²) in [5, 5.41) is 4.34. The number of thiazole rings is 1. The van der Waals surface area contributed by atoms with E-state index in [9.17, 15) is 4.39 Å². The van der Waals surface area contributed by atoms with Crippen LogP contribution < -0.4 is 24.3 Å². The molecule has 141 heavy (non-hydrogen) atoms. The van der Waals surface area contributed by atoms with E-state index in [2.05, 4.69) is 297 Å². The number of rotatable bonds is 25. The van der Waals surface area contributed by atoms with E-state index in [4.69, 9.17) is 32.5 Å². The van der Waals surface area contributed by atoms with Crippen LogP contribution in [0.3, 0.4) is 0 Å². The van der Waals surface area contributed by atoms with Gasteiger partial charge < -0.3 is 37.8 Å². The maximum absolute atomic E-state index is 12.5. The molecule has 0 amide bonds. The van der Waals surface area contributed by atoms with Crippen molar-refractivity contribution in [3.8, 4) is 46.8 Å². The second-order valence-electron chi connectivity index (χ2n) is 36.0. The zero-order chi connectivity index (χ0) is 103. The summed E-state index contributed by atoms with van der Waals surface area (Å²) in [6.45, 7) is 69.5. The normalized spacial score (nSPS) is 10.4. The summed E-state index contributed by atoms with van der Waals surface area (Å²) in [5.74, 6) is 7.60. The quantitative estimate of drug-likeness (QED) is 0.0519. The van der Waals surface area contributed by atoms with Crippen LogP contribution in [0.25, 0.3) is 22.8 Å². The van der Waals surface area contributed by atoms with Crippen LogP contribution in [0.2, 0.25) is 0 Å². The predicted octanol–water partition coefficient (Wildman–Crippen LogP) is 29.1. The summed E-state index contributed by atoms with van der Waals surface area (Å²) in [7, 11) is 3.20. The van der Waals surface area contributed by atoms with Gasteiger partial charge in [-0.1, -0.05) is 205 Å². The Bertz CT molecular complexity index is 5290. The Morgan fingerprint density at radius 2 is 0.809 bits per heavy atom. The highest BCUT2D eigenvalue weighted by molar-refractivity contribution is 7.11. The van der Waals surface area contributed by atoms with E-state index in [1.54, 1.807) is 76.2 Å². The Kier molecular flexibility index (Phi) is 63.4. The van der Waals surface area contributed by atoms with E-state index in [0.717, 1.165) is 80.6 Å². The molecule has 0 radical (unpaired) electrons. The van der Waals surface area contributed by atoms with E-state index in [1.165, 1.54) is 63.0 Å². The van der Waals surface area contributed by atoms with E-state index in [-0.39, 0.29) is 26.8 Å². The number of nitrogens with zero attached hydrogens (tertiary/aromatic N) is 19. The first kappa shape index (κ1) is 126. The zero-order valence-electron chi connectivity index (χ0n) is 89.0. The SMILES string of the molecule is C.C.CC(C)Oc1nccc(C(C)C)n1.CC(C)c1cc(-c2cnco2)ccn1.CC(C)c1cccc(-c2cnco2)n1.CC(C)c1cccnc1.CC(C)c1cncc(F)c1.CCNc1nccc(C(C)C)n1.CCOc1nccc(C(C)C)n1.COCCOc1nccc(C(C)C)n1.COc1nccc(C(C)C)n1.Cc1cccc(C(C)C)n1.Cc1cncc(C(C)C)c1.Cc1nc(C(C)C)sc1C. The van der Waals surface area contributed by atoms with Crippen molar-refractivity contribution in [2.75, 3.05) is 45.9 Å². The molecule has 14 rings (SSSR count). The molecule has 0 aliphatic carbocycles. The molecule has 0 atom stereocenters. The standard InChI is InChI=1S/2C11H12N2O.C10H16N2O2.C10H16N2O.C9H15N3.C9H14N2O.2C9H13N.C8H10FN.C8H12N2O.C8H13NS.C8H11N.2CH4/c1-8(2)10-5-9(3-4-13-10)11-6-12-7-14-11;1-8(2)9-4-3-5-10(13-9)11-6-12-7-14-11;1-8(2)9-4-5-11-10(12-9)14-7-6-13-3;1-7(2)9-5-6-11-10(12-9)13-8(3)4;1-4-10-9-11-6-5-8(12-9)7(2)3;1-4-12-9-10-6-5-8(11-9)7(2)3;1-7(2)9-4-8(3)5-10-6-9;1-7(2)9-6-4-5-8(3)10-9;1-6(2)7-3-8(9)5-10-4-7;1-6(2)7-4-5-9-8(10-7)11-3;1-5(2)8-9-6(3)7(4)10-8;1-7(2)8-4-3-5-9-6-8;;/h2*3-8H,1-2H3;4-5,8H,6-7H2,1-3H3;5-8H,1-4H3;5-7H,4H2,1-3H3,(H,10,11,12);5-7H,4H2,1-3H3;2*4-7H,1-3H3;3-6H,1-2H3;4-6H,1-3H3;5H,1-4H3;3-7H,1-2H3;2*1H4. The molecule has 0 bridgehead atoms. The largest absolute Gasteiger partial charge is 0.467 e. The molecule has 14 aromatic heterocycles. The smallest absolute Gasteiger partial charge is 0.316 e. The molecule has 0 aromatic carbocycles. The molecule has 14 heterocycles. The number of methoxy groups -OCH3 is 2. The van der Waals surface area contributed by atoms with Crippen molar-refractivity contribution in [1.82, 2.24) is 94.7 Å². The number of nitrogens with one attached hydrogen (secondary N) is 1. The molecule has 29 heteroatoms. The number of hydrogen-bond acceptors (Lipinski definition) is 28. The summed E-state index contributed by atoms with van der Waals surface area (Å²) in [4.78, 5) is 79.8. The summed E-state index contributed by atoms with van der Waals surface area (Å²) < 4.78 is 48.5. The first-order valence-electron chi connectivity index (χ1n) is 47.9. The minimum absolute atomic E-state index is 0. The topological polar surface area (TPSA) is 329 Å². The van der Waals surface area contributed by atoms with Gasteiger partial charge in [0.05, 0.1) is 78.5 Å². The molecular weight excluding hydrogens is 1790 g/mol. The van der Waals surface area contributed by atoms with Gasteiger partial charge in [0.25, 0.3) is 0 Å². The number of ether oxygens (including phenoxy) is 5. The fourth-order valence-electron chi connectivity index (χ4n) is 11.0. The fourth-order valence-corrected chi connectivity index (χ4v) is 11.9. The van der Waals surface area contributed by atoms with Crippen LogP contribution >= 0.6 is 11.3 Å². The van der Waals surface area contributed by atoms with Crippen LogP contribution in [0.5, 0.6) is 24.0 Å². The molecule has 0 saturated carbocycles. The monoisotopic (exact) mass is 1950 g/mol. The van der Waals surface area contributed by atoms with Crippen molar-refractivity contribution in [2.45, 2.75) is 314 Å². The highest BCUT2D eigenvalue weighted by Crippen LogP contribution is 2.27. The Hall–Kier alpha value is -12.8. The van der Waals surface area contributed by atoms with Gasteiger partial charge in [-0.25, -0.2) is 69.2 Å². The van der Waals surface area contributed by atoms with Crippen molar-refractivity contribution in [2.24, 2.45) is 0 Å². The van der Waals surface area contributed by atoms with Crippen LogP contribution in [0.4, 0.5) is 10.3 Å². The minimum atomic E-state index is -0.258. The molecule has 0 saturated heterocycles. The second-order valence-corrected chi connectivity index (χ2v) is 37.2. The van der Waals surface area contributed by atoms with Gasteiger partial charge in [0.15, 0.2) is 24.3 Å². The molecule has 0 aliphatic rings. The first-order chi connectivity index (χ1) is 66.1. The molecular formula is C112H165FN20O7S. The van der Waals surface area contributed by atoms with E-state index < -0.39 is 0 Å². The third-order valence-corrected chi connectivity index (χ3v) is 20.8. The highest BCUT2D eigenvalue weighted by Gasteiger charge is 2.13. The Balaban J connectivity index is 0.000000770. The van der Waals surface area contributed by atoms with Crippen molar-refractivity contribution in [3.05, 3.63) is 298 Å². The van der Waals surface area contributed by atoms with Crippen LogP contribution in [0, 0.1) is 33.5 Å². The highest BCUT2D eigenvalue weighted by atomic mass is 32.1. The number of aryl methyl sites for hydroxylation is 4. The van der Waals surface area contributed by atoms with Gasteiger partial charge in [0, 0.05) is 127 Å². The molecule has 768 valence electrons. The van der Waals surface area contributed by atoms with Crippen LogP contribution in [-0.4, -0.2) is 141 Å². The average molecular weight is 1950 g/mol. The molecule has 0 spiro atoms. The lowest BCUT2D eigenvalue weighted by Gasteiger charge is -2.09. The van der Waals surface area contributed by atoms with Gasteiger partial charge in [0.2, 0.25) is 5.95 Å². The average Bonchev–Trinajstić information content (AvgIpc) is 1.79. The van der Waals surface area contributed by atoms with Gasteiger partial charge in [-0.3, -0.25) is 24.9 Å². The molecule has 14 aromatic rings. The van der Waals surface area contributed by atoms with Crippen molar-refractivity contribution < 1.29 is 36.9 Å². The molecule has 0 aliphatic heterocycles. The number of pyridine rings is 6. The number of hydrogen-bond donors (Lipinski definition) is 1. The number of aromatic nitrogens is 19. The van der Waals surface area contributed by atoms with Crippen molar-refractivity contribution in [1.29, 1.82) is 0 Å². The van der Waals surface area contributed by atoms with Gasteiger partial charge in [-0.15, -0.1) is 11.3 Å². The summed E-state index contributed by atoms with van der Waals surface area (Å²) in [6.07, 6.45) is 27.3. The lowest BCUT2D eigenvalue weighted by Crippen LogP contribution is -2.09. The third-order valence-electron chi connectivity index (χ3n) is 19.4. The van der Waals surface area contributed by atoms with Crippen LogP contribution in [0.15, 0.2) is 212 Å². The van der Waals surface area contributed by atoms with E-state index in [1.807, 2.05) is 151 Å². The Morgan fingerprint density at radius 1 is 0.362 bits per heavy atom. The Morgan fingerprint density at radius 3 is 1.21 bits per heavy atom.